The molecule has 0 heterocycles. The van der Waals surface area contributed by atoms with E-state index >= 15 is 0 Å². The van der Waals surface area contributed by atoms with Gasteiger partial charge in [-0.3, -0.25) is 0 Å². The third-order valence-electron chi connectivity index (χ3n) is 2.29. The molecule has 1 atom stereocenters. The van der Waals surface area contributed by atoms with E-state index in [1.807, 2.05) is 0 Å². The van der Waals surface area contributed by atoms with Gasteiger partial charge in [-0.15, -0.1) is 0 Å². The van der Waals surface area contributed by atoms with Crippen molar-refractivity contribution in [2.24, 2.45) is 0 Å². The van der Waals surface area contributed by atoms with Gasteiger partial charge < -0.3 is 14.6 Å². The number of halogens is 2. The van der Waals surface area contributed by atoms with Gasteiger partial charge in [-0.25, -0.2) is 9.18 Å². The van der Waals surface area contributed by atoms with E-state index in [2.05, 4.69) is 20.7 Å². The van der Waals surface area contributed by atoms with E-state index in [-0.39, 0.29) is 11.3 Å². The molecule has 0 spiro atoms. The lowest BCUT2D eigenvalue weighted by atomic mass is 10.0. The predicted molar refractivity (Wildman–Crippen MR) is 62.4 cm³/mol. The second kappa shape index (κ2) is 5.46. The molecule has 0 saturated carbocycles. The Labute approximate surface area is 106 Å². The average Bonchev–Trinajstić information content (AvgIpc) is 2.32. The van der Waals surface area contributed by atoms with Gasteiger partial charge >= 0.3 is 5.97 Å². The van der Waals surface area contributed by atoms with E-state index in [0.717, 1.165) is 7.11 Å². The van der Waals surface area contributed by atoms with Crippen LogP contribution in [0.25, 0.3) is 0 Å². The Hall–Kier alpha value is -1.14. The molecular weight excluding hydrogens is 295 g/mol. The summed E-state index contributed by atoms with van der Waals surface area (Å²) in [6.45, 7) is 1.69. The van der Waals surface area contributed by atoms with E-state index in [1.54, 1.807) is 6.92 Å². The molecule has 0 bridgehead atoms. The molecule has 1 unspecified atom stereocenters. The maximum Gasteiger partial charge on any atom is 0.339 e. The second-order valence-corrected chi connectivity index (χ2v) is 4.16. The zero-order valence-electron chi connectivity index (χ0n) is 9.58. The van der Waals surface area contributed by atoms with Gasteiger partial charge in [-0.05, 0) is 34.5 Å². The molecule has 1 rings (SSSR count). The Bertz CT molecular complexity index is 448. The Kier molecular flexibility index (Phi) is 4.47. The van der Waals surface area contributed by atoms with Gasteiger partial charge in [0, 0.05) is 5.56 Å². The molecule has 0 radical (unpaired) electrons. The highest BCUT2D eigenvalue weighted by molar-refractivity contribution is 9.10. The molecule has 1 aromatic carbocycles. The van der Waals surface area contributed by atoms with Crippen molar-refractivity contribution in [2.45, 2.75) is 13.0 Å². The van der Waals surface area contributed by atoms with Crippen LogP contribution in [0.2, 0.25) is 0 Å². The number of hydrogen-bond acceptors (Lipinski definition) is 4. The maximum atomic E-state index is 13.9. The van der Waals surface area contributed by atoms with Crippen molar-refractivity contribution in [3.05, 3.63) is 27.5 Å². The molecule has 0 aromatic heterocycles. The van der Waals surface area contributed by atoms with Crippen molar-refractivity contribution in [3.63, 3.8) is 0 Å². The smallest absolute Gasteiger partial charge is 0.339 e. The number of methoxy groups -OCH3 is 2. The number of aliphatic hydroxyl groups excluding tert-OH is 1. The minimum Gasteiger partial charge on any atom is -0.492 e. The van der Waals surface area contributed by atoms with Gasteiger partial charge in [0.05, 0.1) is 18.7 Å². The molecular formula is C11H12BrFO4. The fraction of sp³-hybridized carbons (Fsp3) is 0.364. The van der Waals surface area contributed by atoms with Crippen molar-refractivity contribution in [3.8, 4) is 5.75 Å². The summed E-state index contributed by atoms with van der Waals surface area (Å²) in [6, 6.07) is 1.36. The molecule has 0 aliphatic rings. The van der Waals surface area contributed by atoms with E-state index in [4.69, 9.17) is 4.74 Å². The third kappa shape index (κ3) is 2.58. The highest BCUT2D eigenvalue weighted by atomic mass is 79.9. The Morgan fingerprint density at radius 3 is 2.59 bits per heavy atom. The van der Waals surface area contributed by atoms with E-state index in [1.165, 1.54) is 13.2 Å². The quantitative estimate of drug-likeness (QED) is 0.869. The topological polar surface area (TPSA) is 55.8 Å². The molecule has 0 aliphatic heterocycles. The lowest BCUT2D eigenvalue weighted by Crippen LogP contribution is -2.15. The van der Waals surface area contributed by atoms with Crippen LogP contribution in [0.4, 0.5) is 4.39 Å². The molecule has 0 amide bonds. The number of hydrogen-bond donors (Lipinski definition) is 1. The molecule has 94 valence electrons. The SMILES string of the molecule is COC(=O)C(O)c1cc(C)c(Br)c(OC)c1F. The number of carbonyl (C=O) groups is 1. The van der Waals surface area contributed by atoms with Crippen LogP contribution in [0.1, 0.15) is 17.2 Å². The summed E-state index contributed by atoms with van der Waals surface area (Å²) in [4.78, 5) is 11.2. The summed E-state index contributed by atoms with van der Waals surface area (Å²) in [7, 11) is 2.42. The zero-order chi connectivity index (χ0) is 13.2. The second-order valence-electron chi connectivity index (χ2n) is 3.37. The van der Waals surface area contributed by atoms with Crippen molar-refractivity contribution in [1.82, 2.24) is 0 Å². The Morgan fingerprint density at radius 1 is 1.53 bits per heavy atom. The molecule has 4 nitrogen and oxygen atoms in total. The summed E-state index contributed by atoms with van der Waals surface area (Å²) >= 11 is 3.17. The minimum atomic E-state index is -1.67. The monoisotopic (exact) mass is 306 g/mol. The summed E-state index contributed by atoms with van der Waals surface area (Å²) in [5.74, 6) is -1.77. The first kappa shape index (κ1) is 13.9. The van der Waals surface area contributed by atoms with E-state index in [9.17, 15) is 14.3 Å². The number of esters is 1. The van der Waals surface area contributed by atoms with Gasteiger partial charge in [0.2, 0.25) is 0 Å². The number of benzene rings is 1. The lowest BCUT2D eigenvalue weighted by molar-refractivity contribution is -0.150. The number of rotatable bonds is 3. The van der Waals surface area contributed by atoms with Crippen LogP contribution < -0.4 is 4.74 Å². The van der Waals surface area contributed by atoms with Gasteiger partial charge in [-0.2, -0.15) is 0 Å². The van der Waals surface area contributed by atoms with Gasteiger partial charge in [0.25, 0.3) is 0 Å². The van der Waals surface area contributed by atoms with Crippen molar-refractivity contribution in [1.29, 1.82) is 0 Å². The first-order valence-electron chi connectivity index (χ1n) is 4.72. The van der Waals surface area contributed by atoms with E-state index in [0.29, 0.717) is 10.0 Å². The highest BCUT2D eigenvalue weighted by Gasteiger charge is 2.26. The summed E-state index contributed by atoms with van der Waals surface area (Å²) in [6.07, 6.45) is -1.67. The Morgan fingerprint density at radius 2 is 2.12 bits per heavy atom. The van der Waals surface area contributed by atoms with Crippen LogP contribution in [0.3, 0.4) is 0 Å². The molecule has 1 aromatic rings. The standard InChI is InChI=1S/C11H12BrFO4/c1-5-4-6(9(14)11(15)17-3)8(13)10(16-2)7(5)12/h4,9,14H,1-3H3. The van der Waals surface area contributed by atoms with Crippen molar-refractivity contribution >= 4 is 21.9 Å². The van der Waals surface area contributed by atoms with Crippen molar-refractivity contribution in [2.75, 3.05) is 14.2 Å². The first-order valence-corrected chi connectivity index (χ1v) is 5.51. The predicted octanol–water partition coefficient (Wildman–Crippen LogP) is 2.11. The van der Waals surface area contributed by atoms with Crippen LogP contribution >= 0.6 is 15.9 Å². The maximum absolute atomic E-state index is 13.9. The van der Waals surface area contributed by atoms with Gasteiger partial charge in [0.15, 0.2) is 17.7 Å². The molecule has 17 heavy (non-hydrogen) atoms. The van der Waals surface area contributed by atoms with Gasteiger partial charge in [-0.1, -0.05) is 0 Å². The Balaban J connectivity index is 3.35. The largest absolute Gasteiger partial charge is 0.492 e. The number of aliphatic hydroxyl groups is 1. The number of ether oxygens (including phenoxy) is 2. The summed E-state index contributed by atoms with van der Waals surface area (Å²) < 4.78 is 23.6. The average molecular weight is 307 g/mol. The third-order valence-corrected chi connectivity index (χ3v) is 3.28. The number of carbonyl (C=O) groups excluding carboxylic acids is 1. The molecule has 1 N–H and O–H groups in total. The van der Waals surface area contributed by atoms with Gasteiger partial charge in [0.1, 0.15) is 0 Å². The van der Waals surface area contributed by atoms with Crippen LogP contribution in [0, 0.1) is 12.7 Å². The lowest BCUT2D eigenvalue weighted by Gasteiger charge is -2.15. The van der Waals surface area contributed by atoms with Crippen LogP contribution in [0.15, 0.2) is 10.5 Å². The fourth-order valence-corrected chi connectivity index (χ4v) is 1.83. The first-order chi connectivity index (χ1) is 7.93. The highest BCUT2D eigenvalue weighted by Crippen LogP contribution is 2.35. The summed E-state index contributed by atoms with van der Waals surface area (Å²) in [5.41, 5.74) is 0.468. The van der Waals surface area contributed by atoms with Crippen molar-refractivity contribution < 1.29 is 23.8 Å². The van der Waals surface area contributed by atoms with Crippen LogP contribution in [-0.4, -0.2) is 25.3 Å². The van der Waals surface area contributed by atoms with Crippen LogP contribution in [0.5, 0.6) is 5.75 Å². The normalized spacial score (nSPS) is 12.1. The van der Waals surface area contributed by atoms with E-state index < -0.39 is 17.9 Å². The molecule has 0 saturated heterocycles. The minimum absolute atomic E-state index is 0.0528. The molecule has 0 fully saturated rings. The van der Waals surface area contributed by atoms with Crippen LogP contribution in [-0.2, 0) is 9.53 Å². The fourth-order valence-electron chi connectivity index (χ4n) is 1.38. The molecule has 6 heteroatoms. The summed E-state index contributed by atoms with van der Waals surface area (Å²) in [5, 5.41) is 9.62. The zero-order valence-corrected chi connectivity index (χ0v) is 11.2. The molecule has 0 aliphatic carbocycles. The number of aryl methyl sites for hydroxylation is 1.